The Bertz CT molecular complexity index is 989. The van der Waals surface area contributed by atoms with Crippen molar-refractivity contribution in [1.82, 2.24) is 15.2 Å². The molecule has 0 spiro atoms. The molecule has 2 aromatic rings. The number of halogens is 1. The van der Waals surface area contributed by atoms with Crippen molar-refractivity contribution in [1.29, 1.82) is 0 Å². The standard InChI is InChI=1S/C24H36ClN5OS2.C2H6.C2H2/c1-4-11-30(12-5-7-23-28-19-14-18(25)8-9-21(19)33-23)24-26-10-6-13-32-16-22(29-24)27-20(15-31)17(2)3;2*1-2/h8-9,14,17,20,31H,4-7,10-13,15-16H2,1-3H3,(H,26,27,29);1-2H3;1-2H. The first-order valence-electron chi connectivity index (χ1n) is 13.2. The molecule has 1 aromatic carbocycles. The zero-order valence-corrected chi connectivity index (χ0v) is 25.4. The van der Waals surface area contributed by atoms with Crippen molar-refractivity contribution in [3.63, 3.8) is 0 Å². The van der Waals surface area contributed by atoms with Crippen LogP contribution in [0, 0.1) is 18.8 Å². The maximum Gasteiger partial charge on any atom is 0.199 e. The van der Waals surface area contributed by atoms with Crippen LogP contribution in [0.1, 0.15) is 58.9 Å². The number of amidine groups is 1. The number of fused-ring (bicyclic) bond motifs is 1. The van der Waals surface area contributed by atoms with Gasteiger partial charge in [0.1, 0.15) is 5.84 Å². The number of aliphatic hydroxyl groups is 1. The summed E-state index contributed by atoms with van der Waals surface area (Å²) in [6.07, 6.45) is 12.0. The minimum Gasteiger partial charge on any atom is -0.394 e. The molecule has 1 aromatic heterocycles. The van der Waals surface area contributed by atoms with Gasteiger partial charge in [-0.05, 0) is 49.1 Å². The molecule has 2 N–H and O–H groups in total. The van der Waals surface area contributed by atoms with E-state index in [4.69, 9.17) is 26.6 Å². The summed E-state index contributed by atoms with van der Waals surface area (Å²) in [5, 5.41) is 15.2. The number of aromatic nitrogens is 1. The van der Waals surface area contributed by atoms with E-state index >= 15 is 0 Å². The third-order valence-electron chi connectivity index (χ3n) is 5.49. The molecule has 0 aliphatic carbocycles. The van der Waals surface area contributed by atoms with Crippen molar-refractivity contribution in [3.8, 4) is 12.8 Å². The first-order chi connectivity index (χ1) is 18.0. The van der Waals surface area contributed by atoms with Crippen molar-refractivity contribution in [3.05, 3.63) is 28.2 Å². The van der Waals surface area contributed by atoms with Crippen molar-refractivity contribution < 1.29 is 5.11 Å². The number of thiazole rings is 1. The minimum atomic E-state index is -0.0951. The molecule has 0 saturated heterocycles. The Morgan fingerprint density at radius 2 is 2.00 bits per heavy atom. The normalized spacial score (nSPS) is 15.7. The largest absolute Gasteiger partial charge is 0.394 e. The Balaban J connectivity index is 0.00000163. The smallest absolute Gasteiger partial charge is 0.199 e. The van der Waals surface area contributed by atoms with Gasteiger partial charge < -0.3 is 15.3 Å². The van der Waals surface area contributed by atoms with E-state index in [2.05, 4.69) is 43.8 Å². The third-order valence-corrected chi connectivity index (χ3v) is 7.87. The molecule has 3 rings (SSSR count). The van der Waals surface area contributed by atoms with Crippen LogP contribution in [0.15, 0.2) is 28.2 Å². The molecule has 0 fully saturated rings. The van der Waals surface area contributed by atoms with Gasteiger partial charge >= 0.3 is 0 Å². The second kappa shape index (κ2) is 19.3. The maximum atomic E-state index is 9.77. The summed E-state index contributed by atoms with van der Waals surface area (Å²) in [7, 11) is 0. The summed E-state index contributed by atoms with van der Waals surface area (Å²) in [4.78, 5) is 16.9. The van der Waals surface area contributed by atoms with Crippen LogP contribution < -0.4 is 5.32 Å². The molecule has 0 amide bonds. The number of hydrogen-bond acceptors (Lipinski definition) is 7. The van der Waals surface area contributed by atoms with Gasteiger partial charge in [0.05, 0.1) is 33.6 Å². The number of benzene rings is 1. The molecule has 6 nitrogen and oxygen atoms in total. The summed E-state index contributed by atoms with van der Waals surface area (Å²) < 4.78 is 1.18. The van der Waals surface area contributed by atoms with Gasteiger partial charge in [0, 0.05) is 31.1 Å². The summed E-state index contributed by atoms with van der Waals surface area (Å²) in [5.41, 5.74) is 0.983. The number of rotatable bonds is 9. The Kier molecular flexibility index (Phi) is 17.3. The number of nitrogens with one attached hydrogen (secondary N) is 1. The first kappa shape index (κ1) is 33.2. The predicted molar refractivity (Wildman–Crippen MR) is 167 cm³/mol. The van der Waals surface area contributed by atoms with Crippen LogP contribution in [0.5, 0.6) is 0 Å². The van der Waals surface area contributed by atoms with Crippen LogP contribution in [0.4, 0.5) is 0 Å². The highest BCUT2D eigenvalue weighted by Crippen LogP contribution is 2.25. The fourth-order valence-corrected chi connectivity index (χ4v) is 5.62. The molecule has 1 aliphatic rings. The van der Waals surface area contributed by atoms with Crippen molar-refractivity contribution in [2.24, 2.45) is 15.9 Å². The van der Waals surface area contributed by atoms with E-state index in [1.807, 2.05) is 43.8 Å². The van der Waals surface area contributed by atoms with Gasteiger partial charge in [-0.15, -0.1) is 24.2 Å². The number of aryl methyl sites for hydroxylation is 1. The van der Waals surface area contributed by atoms with E-state index in [-0.39, 0.29) is 18.6 Å². The Morgan fingerprint density at radius 1 is 1.24 bits per heavy atom. The van der Waals surface area contributed by atoms with Gasteiger partial charge in [-0.2, -0.15) is 11.8 Å². The molecule has 1 unspecified atom stereocenters. The molecule has 1 aliphatic heterocycles. The number of nitrogens with zero attached hydrogens (tertiary/aromatic N) is 4. The third kappa shape index (κ3) is 11.6. The van der Waals surface area contributed by atoms with Crippen molar-refractivity contribution >= 4 is 56.7 Å². The van der Waals surface area contributed by atoms with Gasteiger partial charge in [0.15, 0.2) is 5.96 Å². The first-order valence-corrected chi connectivity index (χ1v) is 15.5. The average molecular weight is 566 g/mol. The topological polar surface area (TPSA) is 73.1 Å². The lowest BCUT2D eigenvalue weighted by Crippen LogP contribution is -2.46. The van der Waals surface area contributed by atoms with Crippen LogP contribution in [0.25, 0.3) is 10.2 Å². The van der Waals surface area contributed by atoms with E-state index in [0.717, 1.165) is 84.2 Å². The Hall–Kier alpha value is -1.79. The van der Waals surface area contributed by atoms with Crippen LogP contribution in [-0.4, -0.2) is 70.6 Å². The van der Waals surface area contributed by atoms with Gasteiger partial charge in [-0.3, -0.25) is 9.98 Å². The highest BCUT2D eigenvalue weighted by atomic mass is 35.5. The van der Waals surface area contributed by atoms with Crippen molar-refractivity contribution in [2.75, 3.05) is 37.7 Å². The number of thioether (sulfide) groups is 1. The monoisotopic (exact) mass is 565 g/mol. The van der Waals surface area contributed by atoms with E-state index in [9.17, 15) is 5.11 Å². The van der Waals surface area contributed by atoms with Crippen LogP contribution >= 0.6 is 34.7 Å². The second-order valence-corrected chi connectivity index (χ2v) is 11.3. The number of terminal acetylenes is 1. The molecule has 0 saturated carbocycles. The van der Waals surface area contributed by atoms with Gasteiger partial charge in [-0.1, -0.05) is 46.2 Å². The van der Waals surface area contributed by atoms with E-state index < -0.39 is 0 Å². The number of aliphatic imine (C=N–C) groups is 2. The SMILES string of the molecule is C#C.CC.CCCN(CCCc1nc2cc(Cl)ccc2s1)C1=NCCCSCC(=NC(CO)C(C)C)N1. The summed E-state index contributed by atoms with van der Waals surface area (Å²) >= 11 is 9.74. The minimum absolute atomic E-state index is 0.0616. The van der Waals surface area contributed by atoms with E-state index in [1.54, 1.807) is 11.3 Å². The summed E-state index contributed by atoms with van der Waals surface area (Å²) in [6.45, 7) is 13.1. The van der Waals surface area contributed by atoms with E-state index in [1.165, 1.54) is 4.70 Å². The molecular formula is C28H44ClN5OS2. The van der Waals surface area contributed by atoms with Gasteiger partial charge in [-0.25, -0.2) is 4.98 Å². The zero-order valence-electron chi connectivity index (χ0n) is 23.0. The zero-order chi connectivity index (χ0) is 27.6. The molecule has 0 bridgehead atoms. The molecule has 37 heavy (non-hydrogen) atoms. The summed E-state index contributed by atoms with van der Waals surface area (Å²) in [6, 6.07) is 5.82. The molecular weight excluding hydrogens is 522 g/mol. The molecule has 1 atom stereocenters. The fourth-order valence-electron chi connectivity index (χ4n) is 3.64. The Morgan fingerprint density at radius 3 is 2.68 bits per heavy atom. The molecule has 9 heteroatoms. The number of hydrogen-bond donors (Lipinski definition) is 2. The number of guanidine groups is 1. The van der Waals surface area contributed by atoms with Crippen LogP contribution in [-0.2, 0) is 6.42 Å². The molecule has 206 valence electrons. The van der Waals surface area contributed by atoms with Crippen molar-refractivity contribution in [2.45, 2.75) is 66.3 Å². The average Bonchev–Trinajstić information content (AvgIpc) is 3.35. The fraction of sp³-hybridized carbons (Fsp3) is 0.607. The maximum absolute atomic E-state index is 9.77. The van der Waals surface area contributed by atoms with Crippen LogP contribution in [0.2, 0.25) is 5.02 Å². The number of aliphatic hydroxyl groups excluding tert-OH is 1. The predicted octanol–water partition coefficient (Wildman–Crippen LogP) is 6.37. The quantitative estimate of drug-likeness (QED) is 0.346. The summed E-state index contributed by atoms with van der Waals surface area (Å²) in [5.74, 6) is 4.00. The molecule has 2 heterocycles. The van der Waals surface area contributed by atoms with Crippen LogP contribution in [0.3, 0.4) is 0 Å². The lowest BCUT2D eigenvalue weighted by molar-refractivity contribution is 0.239. The lowest BCUT2D eigenvalue weighted by Gasteiger charge is -2.27. The second-order valence-electron chi connectivity index (χ2n) is 8.62. The lowest BCUT2D eigenvalue weighted by atomic mass is 10.1. The van der Waals surface area contributed by atoms with Gasteiger partial charge in [0.2, 0.25) is 0 Å². The van der Waals surface area contributed by atoms with E-state index in [0.29, 0.717) is 0 Å². The highest BCUT2D eigenvalue weighted by Gasteiger charge is 2.18. The molecule has 0 radical (unpaired) electrons. The Labute approximate surface area is 237 Å². The highest BCUT2D eigenvalue weighted by molar-refractivity contribution is 7.99. The van der Waals surface area contributed by atoms with Gasteiger partial charge in [0.25, 0.3) is 0 Å².